The summed E-state index contributed by atoms with van der Waals surface area (Å²) in [4.78, 5) is 48.0. The normalized spacial score (nSPS) is 13.1. The molecule has 0 aliphatic heterocycles. The second kappa shape index (κ2) is 11.9. The van der Waals surface area contributed by atoms with Crippen LogP contribution in [0.15, 0.2) is 48.4 Å². The molecule has 0 spiro atoms. The minimum Gasteiger partial charge on any atom is -0.465 e. The van der Waals surface area contributed by atoms with Crippen LogP contribution in [-0.2, 0) is 16.1 Å². The van der Waals surface area contributed by atoms with Gasteiger partial charge < -0.3 is 5.11 Å². The number of carbonyl (C=O) groups is 3. The van der Waals surface area contributed by atoms with E-state index in [0.717, 1.165) is 16.9 Å². The molecule has 0 bridgehead atoms. The highest BCUT2D eigenvalue weighted by molar-refractivity contribution is 7.13. The lowest BCUT2D eigenvalue weighted by molar-refractivity contribution is -0.139. The van der Waals surface area contributed by atoms with Crippen molar-refractivity contribution < 1.29 is 19.5 Å². The van der Waals surface area contributed by atoms with Crippen molar-refractivity contribution in [3.05, 3.63) is 48.4 Å². The van der Waals surface area contributed by atoms with Gasteiger partial charge in [-0.05, 0) is 30.0 Å². The van der Waals surface area contributed by atoms with Crippen molar-refractivity contribution in [2.75, 3.05) is 5.32 Å². The molecule has 11 heteroatoms. The summed E-state index contributed by atoms with van der Waals surface area (Å²) < 4.78 is 1.67. The van der Waals surface area contributed by atoms with Crippen LogP contribution in [0.5, 0.6) is 0 Å². The average molecular weight is 513 g/mol. The zero-order valence-electron chi connectivity index (χ0n) is 20.9. The molecule has 3 rings (SSSR count). The van der Waals surface area contributed by atoms with Gasteiger partial charge in [-0.3, -0.25) is 29.5 Å². The fraction of sp³-hybridized carbons (Fsp3) is 0.440. The van der Waals surface area contributed by atoms with Crippen LogP contribution in [0, 0.1) is 5.41 Å². The van der Waals surface area contributed by atoms with Crippen molar-refractivity contribution in [3.8, 4) is 11.3 Å². The number of anilines is 1. The molecule has 2 N–H and O–H groups in total. The monoisotopic (exact) mass is 512 g/mol. The van der Waals surface area contributed by atoms with E-state index in [1.807, 2.05) is 45.9 Å². The molecule has 36 heavy (non-hydrogen) atoms. The molecule has 3 aromatic heterocycles. The number of carboxylic acid groups (broad SMARTS) is 1. The number of carbonyl (C=O) groups excluding carboxylic acids is 2. The van der Waals surface area contributed by atoms with Crippen molar-refractivity contribution >= 4 is 34.3 Å². The SMILES string of the molecule is CCCC[C@@H](C(=O)C(=O)Nc1nccs1)N(C(=O)O)[C@H](Cn1ccc(-c2cccnc2)n1)C(C)(C)C. The lowest BCUT2D eigenvalue weighted by atomic mass is 9.84. The summed E-state index contributed by atoms with van der Waals surface area (Å²) in [6, 6.07) is 3.77. The van der Waals surface area contributed by atoms with Gasteiger partial charge in [-0.2, -0.15) is 5.10 Å². The maximum atomic E-state index is 13.3. The van der Waals surface area contributed by atoms with E-state index in [4.69, 9.17) is 0 Å². The third-order valence-corrected chi connectivity index (χ3v) is 6.55. The number of thiazole rings is 1. The Labute approximate surface area is 214 Å². The van der Waals surface area contributed by atoms with Crippen LogP contribution < -0.4 is 5.32 Å². The predicted molar refractivity (Wildman–Crippen MR) is 138 cm³/mol. The van der Waals surface area contributed by atoms with Gasteiger partial charge in [0.05, 0.1) is 18.3 Å². The first-order chi connectivity index (χ1) is 17.1. The molecule has 0 saturated heterocycles. The highest BCUT2D eigenvalue weighted by atomic mass is 32.1. The van der Waals surface area contributed by atoms with Crippen molar-refractivity contribution in [3.63, 3.8) is 0 Å². The molecule has 2 amide bonds. The summed E-state index contributed by atoms with van der Waals surface area (Å²) in [6.45, 7) is 7.90. The third kappa shape index (κ3) is 6.75. The Balaban J connectivity index is 1.92. The zero-order chi connectivity index (χ0) is 26.3. The van der Waals surface area contributed by atoms with Crippen molar-refractivity contribution in [1.82, 2.24) is 24.6 Å². The van der Waals surface area contributed by atoms with Gasteiger partial charge in [-0.1, -0.05) is 40.5 Å². The number of nitrogens with zero attached hydrogens (tertiary/aromatic N) is 5. The largest absolute Gasteiger partial charge is 0.465 e. The molecule has 10 nitrogen and oxygen atoms in total. The summed E-state index contributed by atoms with van der Waals surface area (Å²) in [7, 11) is 0. The number of rotatable bonds is 11. The van der Waals surface area contributed by atoms with Crippen LogP contribution in [-0.4, -0.2) is 59.6 Å². The minimum absolute atomic E-state index is 0.208. The molecule has 0 radical (unpaired) electrons. The Bertz CT molecular complexity index is 1160. The van der Waals surface area contributed by atoms with E-state index in [0.29, 0.717) is 12.1 Å². The van der Waals surface area contributed by atoms with Gasteiger partial charge in [0.25, 0.3) is 5.91 Å². The molecule has 2 atom stereocenters. The summed E-state index contributed by atoms with van der Waals surface area (Å²) in [5.41, 5.74) is 0.988. The van der Waals surface area contributed by atoms with E-state index in [-0.39, 0.29) is 18.1 Å². The van der Waals surface area contributed by atoms with E-state index < -0.39 is 35.3 Å². The molecular formula is C25H32N6O4S. The molecule has 0 unspecified atom stereocenters. The summed E-state index contributed by atoms with van der Waals surface area (Å²) in [5, 5.41) is 19.4. The van der Waals surface area contributed by atoms with Crippen LogP contribution >= 0.6 is 11.3 Å². The number of aromatic nitrogens is 4. The number of unbranched alkanes of at least 4 members (excludes halogenated alkanes) is 1. The second-order valence-electron chi connectivity index (χ2n) is 9.55. The molecule has 3 heterocycles. The Kier molecular flexibility index (Phi) is 8.92. The van der Waals surface area contributed by atoms with E-state index in [2.05, 4.69) is 20.4 Å². The number of Topliss-reactive ketones (excluding diaryl/α,β-unsaturated/α-hetero) is 1. The molecule has 192 valence electrons. The quantitative estimate of drug-likeness (QED) is 0.360. The van der Waals surface area contributed by atoms with E-state index in [1.54, 1.807) is 28.7 Å². The van der Waals surface area contributed by atoms with Crippen LogP contribution in [0.4, 0.5) is 9.93 Å². The smallest absolute Gasteiger partial charge is 0.408 e. The van der Waals surface area contributed by atoms with Crippen molar-refractivity contribution in [2.45, 2.75) is 65.6 Å². The zero-order valence-corrected chi connectivity index (χ0v) is 21.7. The second-order valence-corrected chi connectivity index (χ2v) is 10.4. The minimum atomic E-state index is -1.26. The first-order valence-electron chi connectivity index (χ1n) is 11.8. The summed E-state index contributed by atoms with van der Waals surface area (Å²) >= 11 is 1.18. The van der Waals surface area contributed by atoms with Crippen molar-refractivity contribution in [2.24, 2.45) is 5.41 Å². The Morgan fingerprint density at radius 1 is 1.22 bits per heavy atom. The van der Waals surface area contributed by atoms with E-state index in [9.17, 15) is 19.5 Å². The maximum absolute atomic E-state index is 13.3. The van der Waals surface area contributed by atoms with Crippen molar-refractivity contribution in [1.29, 1.82) is 0 Å². The number of hydrogen-bond acceptors (Lipinski definition) is 7. The molecule has 0 aliphatic rings. The fourth-order valence-corrected chi connectivity index (χ4v) is 4.48. The first-order valence-corrected chi connectivity index (χ1v) is 12.7. The standard InChI is InChI=1S/C25H32N6O4S/c1-5-6-9-19(21(32)22(33)28-23-27-12-14-36-23)31(24(34)35)20(25(2,3)4)16-30-13-10-18(29-30)17-8-7-11-26-15-17/h7-8,10-15,19-20H,5-6,9,16H2,1-4H3,(H,34,35)(H,27,28,33)/t19-,20+/m0/s1. The van der Waals surface area contributed by atoms with Crippen LogP contribution in [0.3, 0.4) is 0 Å². The Morgan fingerprint density at radius 2 is 2.00 bits per heavy atom. The first kappa shape index (κ1) is 27.0. The van der Waals surface area contributed by atoms with E-state index in [1.165, 1.54) is 17.5 Å². The van der Waals surface area contributed by atoms with E-state index >= 15 is 0 Å². The highest BCUT2D eigenvalue weighted by Gasteiger charge is 2.42. The number of hydrogen-bond donors (Lipinski definition) is 2. The molecule has 0 aromatic carbocycles. The third-order valence-electron chi connectivity index (χ3n) is 5.86. The van der Waals surface area contributed by atoms with Gasteiger partial charge in [0, 0.05) is 35.7 Å². The lowest BCUT2D eigenvalue weighted by Gasteiger charge is -2.42. The lowest BCUT2D eigenvalue weighted by Crippen LogP contribution is -2.57. The van der Waals surface area contributed by atoms with Gasteiger partial charge in [0.15, 0.2) is 5.13 Å². The fourth-order valence-electron chi connectivity index (χ4n) is 3.96. The summed E-state index contributed by atoms with van der Waals surface area (Å²) in [6.07, 6.45) is 7.00. The maximum Gasteiger partial charge on any atom is 0.408 e. The number of amides is 2. The Hall–Kier alpha value is -3.60. The van der Waals surface area contributed by atoms with Gasteiger partial charge in [-0.15, -0.1) is 11.3 Å². The summed E-state index contributed by atoms with van der Waals surface area (Å²) in [5.74, 6) is -1.67. The van der Waals surface area contributed by atoms with Gasteiger partial charge in [0.1, 0.15) is 6.04 Å². The van der Waals surface area contributed by atoms with Gasteiger partial charge in [-0.25, -0.2) is 9.78 Å². The van der Waals surface area contributed by atoms with Gasteiger partial charge in [0.2, 0.25) is 5.78 Å². The van der Waals surface area contributed by atoms with Crippen LogP contribution in [0.25, 0.3) is 11.3 Å². The molecular weight excluding hydrogens is 480 g/mol. The molecule has 0 fully saturated rings. The number of nitrogens with one attached hydrogen (secondary N) is 1. The molecule has 0 aliphatic carbocycles. The van der Waals surface area contributed by atoms with Crippen LogP contribution in [0.1, 0.15) is 47.0 Å². The molecule has 0 saturated carbocycles. The molecule has 3 aromatic rings. The van der Waals surface area contributed by atoms with Crippen LogP contribution in [0.2, 0.25) is 0 Å². The van der Waals surface area contributed by atoms with Gasteiger partial charge >= 0.3 is 6.09 Å². The number of ketones is 1. The average Bonchev–Trinajstić information content (AvgIpc) is 3.52. The Morgan fingerprint density at radius 3 is 2.58 bits per heavy atom. The topological polar surface area (TPSA) is 130 Å². The highest BCUT2D eigenvalue weighted by Crippen LogP contribution is 2.30. The number of pyridine rings is 1. The predicted octanol–water partition coefficient (Wildman–Crippen LogP) is 4.56.